The van der Waals surface area contributed by atoms with Crippen molar-refractivity contribution < 1.29 is 41.6 Å². The molecule has 0 aliphatic carbocycles. The topological polar surface area (TPSA) is 119 Å². The van der Waals surface area contributed by atoms with Crippen LogP contribution in [0, 0.1) is 5.41 Å². The van der Waals surface area contributed by atoms with Gasteiger partial charge < -0.3 is 20.1 Å². The summed E-state index contributed by atoms with van der Waals surface area (Å²) in [6.07, 6.45) is -1.24. The molecule has 0 bridgehead atoms. The SMILES string of the molecule is CCCC(CO)(CO)CO/C([O-])=N/S(=O)(=O)C(F)(F)F. The lowest BCUT2D eigenvalue weighted by molar-refractivity contribution is -0.253. The Hall–Kier alpha value is -1.07. The molecule has 0 fully saturated rings. The lowest BCUT2D eigenvalue weighted by Gasteiger charge is -2.32. The Balaban J connectivity index is 4.90. The summed E-state index contributed by atoms with van der Waals surface area (Å²) in [6.45, 7) is -0.114. The fourth-order valence-corrected chi connectivity index (χ4v) is 1.65. The third-order valence-corrected chi connectivity index (χ3v) is 3.41. The van der Waals surface area contributed by atoms with E-state index >= 15 is 0 Å². The second kappa shape index (κ2) is 7.09. The molecule has 0 rings (SSSR count). The molecule has 0 heterocycles. The van der Waals surface area contributed by atoms with Crippen LogP contribution in [0.2, 0.25) is 0 Å². The van der Waals surface area contributed by atoms with Gasteiger partial charge in [0.15, 0.2) is 6.08 Å². The van der Waals surface area contributed by atoms with E-state index in [0.717, 1.165) is 0 Å². The van der Waals surface area contributed by atoms with Gasteiger partial charge >= 0.3 is 15.5 Å². The van der Waals surface area contributed by atoms with Crippen molar-refractivity contribution in [2.45, 2.75) is 25.3 Å². The lowest BCUT2D eigenvalue weighted by atomic mass is 9.86. The van der Waals surface area contributed by atoms with E-state index in [0.29, 0.717) is 6.42 Å². The molecule has 0 spiro atoms. The van der Waals surface area contributed by atoms with E-state index in [4.69, 9.17) is 10.2 Å². The lowest BCUT2D eigenvalue weighted by Crippen LogP contribution is -2.38. The molecular formula is C9H15F3NO6S-. The minimum Gasteiger partial charge on any atom is -0.599 e. The van der Waals surface area contributed by atoms with Gasteiger partial charge in [-0.05, 0) is 6.42 Å². The van der Waals surface area contributed by atoms with Crippen molar-refractivity contribution in [3.8, 4) is 0 Å². The van der Waals surface area contributed by atoms with E-state index in [1.54, 1.807) is 6.92 Å². The number of aliphatic hydroxyl groups excluding tert-OH is 2. The number of hydrogen-bond acceptors (Lipinski definition) is 6. The Morgan fingerprint density at radius 2 is 1.80 bits per heavy atom. The van der Waals surface area contributed by atoms with Crippen LogP contribution in [0.4, 0.5) is 13.2 Å². The number of hydrogen-bond donors (Lipinski definition) is 2. The number of nitrogens with zero attached hydrogens (tertiary/aromatic N) is 1. The van der Waals surface area contributed by atoms with Crippen LogP contribution in [-0.4, -0.2) is 50.0 Å². The monoisotopic (exact) mass is 322 g/mol. The molecular weight excluding hydrogens is 307 g/mol. The van der Waals surface area contributed by atoms with Crippen LogP contribution >= 0.6 is 0 Å². The first-order chi connectivity index (χ1) is 9.03. The Morgan fingerprint density at radius 1 is 1.30 bits per heavy atom. The summed E-state index contributed by atoms with van der Waals surface area (Å²) in [4.78, 5) is 0. The quantitative estimate of drug-likeness (QED) is 0.474. The van der Waals surface area contributed by atoms with Gasteiger partial charge in [0, 0.05) is 12.0 Å². The summed E-state index contributed by atoms with van der Waals surface area (Å²) < 4.78 is 63.2. The average Bonchev–Trinajstić information content (AvgIpc) is 2.33. The predicted octanol–water partition coefficient (Wildman–Crippen LogP) is -0.660. The third-order valence-electron chi connectivity index (χ3n) is 2.44. The van der Waals surface area contributed by atoms with Crippen molar-refractivity contribution in [1.82, 2.24) is 0 Å². The Bertz CT molecular complexity index is 429. The van der Waals surface area contributed by atoms with Crippen molar-refractivity contribution >= 4 is 16.1 Å². The van der Waals surface area contributed by atoms with E-state index in [9.17, 15) is 26.7 Å². The molecule has 2 N–H and O–H groups in total. The van der Waals surface area contributed by atoms with Crippen LogP contribution in [0.5, 0.6) is 0 Å². The molecule has 0 unspecified atom stereocenters. The van der Waals surface area contributed by atoms with Crippen molar-refractivity contribution in [3.05, 3.63) is 0 Å². The van der Waals surface area contributed by atoms with E-state index in [-0.39, 0.29) is 6.42 Å². The van der Waals surface area contributed by atoms with Crippen molar-refractivity contribution in [2.75, 3.05) is 19.8 Å². The van der Waals surface area contributed by atoms with Gasteiger partial charge in [-0.25, -0.2) is 0 Å². The highest BCUT2D eigenvalue weighted by atomic mass is 32.2. The molecule has 0 aromatic heterocycles. The fraction of sp³-hybridized carbons (Fsp3) is 0.889. The maximum atomic E-state index is 12.0. The van der Waals surface area contributed by atoms with E-state index in [1.165, 1.54) is 0 Å². The molecule has 120 valence electrons. The Morgan fingerprint density at radius 3 is 2.15 bits per heavy atom. The highest BCUT2D eigenvalue weighted by Gasteiger charge is 2.46. The molecule has 0 saturated heterocycles. The van der Waals surface area contributed by atoms with Gasteiger partial charge in [-0.3, -0.25) is 0 Å². The second-order valence-corrected chi connectivity index (χ2v) is 5.73. The standard InChI is InChI=1S/C9H16F3NO6S/c1-2-3-8(4-14,5-15)6-19-7(16)13-20(17,18)9(10,11)12/h14-15H,2-6H2,1H3,(H,13,16)/p-1. The summed E-state index contributed by atoms with van der Waals surface area (Å²) in [7, 11) is -5.96. The van der Waals surface area contributed by atoms with Crippen LogP contribution in [0.15, 0.2) is 4.40 Å². The first kappa shape index (κ1) is 18.9. The maximum Gasteiger partial charge on any atom is 0.518 e. The Kier molecular flexibility index (Phi) is 6.71. The molecule has 0 aromatic rings. The van der Waals surface area contributed by atoms with Gasteiger partial charge in [0.25, 0.3) is 0 Å². The van der Waals surface area contributed by atoms with Gasteiger partial charge in [0.2, 0.25) is 0 Å². The Labute approximate surface area is 113 Å². The third kappa shape index (κ3) is 5.13. The predicted molar refractivity (Wildman–Crippen MR) is 59.9 cm³/mol. The normalized spacial score (nSPS) is 14.4. The average molecular weight is 322 g/mol. The van der Waals surface area contributed by atoms with Crippen molar-refractivity contribution in [2.24, 2.45) is 9.81 Å². The number of halogens is 3. The molecule has 0 atom stereocenters. The first-order valence-electron chi connectivity index (χ1n) is 5.46. The summed E-state index contributed by atoms with van der Waals surface area (Å²) in [5, 5.41) is 29.2. The van der Waals surface area contributed by atoms with Crippen LogP contribution in [-0.2, 0) is 14.8 Å². The molecule has 11 heteroatoms. The number of ether oxygens (including phenoxy) is 1. The molecule has 0 radical (unpaired) electrons. The zero-order valence-electron chi connectivity index (χ0n) is 10.6. The van der Waals surface area contributed by atoms with Gasteiger partial charge in [-0.2, -0.15) is 21.6 Å². The van der Waals surface area contributed by atoms with Gasteiger partial charge in [0.05, 0.1) is 13.2 Å². The molecule has 0 amide bonds. The van der Waals surface area contributed by atoms with Crippen molar-refractivity contribution in [3.63, 3.8) is 0 Å². The van der Waals surface area contributed by atoms with Gasteiger partial charge in [-0.15, -0.1) is 4.40 Å². The second-order valence-electron chi connectivity index (χ2n) is 4.13. The largest absolute Gasteiger partial charge is 0.599 e. The first-order valence-corrected chi connectivity index (χ1v) is 6.90. The molecule has 0 aliphatic rings. The number of rotatable bonds is 7. The van der Waals surface area contributed by atoms with Crippen LogP contribution in [0.25, 0.3) is 0 Å². The van der Waals surface area contributed by atoms with E-state index in [2.05, 4.69) is 4.74 Å². The summed E-state index contributed by atoms with van der Waals surface area (Å²) >= 11 is 0. The number of aliphatic hydroxyl groups is 2. The summed E-state index contributed by atoms with van der Waals surface area (Å²) in [5.41, 5.74) is -6.94. The number of sulfonamides is 1. The molecule has 20 heavy (non-hydrogen) atoms. The zero-order chi connectivity index (χ0) is 16.0. The summed E-state index contributed by atoms with van der Waals surface area (Å²) in [5.74, 6) is 0. The number of alkyl halides is 3. The highest BCUT2D eigenvalue weighted by molar-refractivity contribution is 7.91. The zero-order valence-corrected chi connectivity index (χ0v) is 11.4. The van der Waals surface area contributed by atoms with Crippen LogP contribution < -0.4 is 5.11 Å². The van der Waals surface area contributed by atoms with E-state index < -0.39 is 46.9 Å². The molecule has 7 nitrogen and oxygen atoms in total. The van der Waals surface area contributed by atoms with Gasteiger partial charge in [0.1, 0.15) is 0 Å². The molecule has 0 aliphatic heterocycles. The maximum absolute atomic E-state index is 12.0. The molecule has 0 aromatic carbocycles. The highest BCUT2D eigenvalue weighted by Crippen LogP contribution is 2.25. The van der Waals surface area contributed by atoms with Crippen LogP contribution in [0.3, 0.4) is 0 Å². The van der Waals surface area contributed by atoms with Gasteiger partial charge in [-0.1, -0.05) is 13.3 Å². The molecule has 0 saturated carbocycles. The van der Waals surface area contributed by atoms with E-state index in [1.807, 2.05) is 4.40 Å². The minimum absolute atomic E-state index is 0.222. The smallest absolute Gasteiger partial charge is 0.518 e. The van der Waals surface area contributed by atoms with Crippen LogP contribution in [0.1, 0.15) is 19.8 Å². The fourth-order valence-electron chi connectivity index (χ4n) is 1.29. The summed E-state index contributed by atoms with van der Waals surface area (Å²) in [6, 6.07) is 0. The minimum atomic E-state index is -5.96. The van der Waals surface area contributed by atoms with Crippen molar-refractivity contribution in [1.29, 1.82) is 0 Å².